The minimum atomic E-state index is 0.800. The smallest absolute Gasteiger partial charge is 0.0455 e. The molecule has 0 radical (unpaired) electrons. The van der Waals surface area contributed by atoms with Crippen molar-refractivity contribution in [1.82, 2.24) is 4.98 Å². The maximum Gasteiger partial charge on any atom is 0.0455 e. The third kappa shape index (κ3) is 2.34. The molecule has 0 saturated carbocycles. The highest BCUT2D eigenvalue weighted by atomic mass is 35.5. The minimum absolute atomic E-state index is 0.800. The van der Waals surface area contributed by atoms with Crippen molar-refractivity contribution < 1.29 is 0 Å². The van der Waals surface area contributed by atoms with E-state index in [-0.39, 0.29) is 0 Å². The van der Waals surface area contributed by atoms with Crippen molar-refractivity contribution in [3.8, 4) is 0 Å². The fourth-order valence-electron chi connectivity index (χ4n) is 1.46. The normalized spacial score (nSPS) is 10.3. The van der Waals surface area contributed by atoms with Crippen LogP contribution in [0.1, 0.15) is 11.1 Å². The Kier molecular flexibility index (Phi) is 2.97. The van der Waals surface area contributed by atoms with E-state index in [1.54, 1.807) is 0 Å². The summed E-state index contributed by atoms with van der Waals surface area (Å²) in [5.74, 6) is 0. The van der Waals surface area contributed by atoms with Crippen molar-refractivity contribution in [3.63, 3.8) is 0 Å². The zero-order chi connectivity index (χ0) is 10.7. The largest absolute Gasteiger partial charge is 0.381 e. The number of hydrogen-bond donors (Lipinski definition) is 2. The van der Waals surface area contributed by atoms with Gasteiger partial charge in [0.25, 0.3) is 0 Å². The van der Waals surface area contributed by atoms with Crippen LogP contribution in [0.25, 0.3) is 0 Å². The Morgan fingerprint density at radius 1 is 1.33 bits per heavy atom. The molecule has 1 heterocycles. The Morgan fingerprint density at radius 2 is 2.20 bits per heavy atom. The first-order chi connectivity index (χ1) is 7.27. The molecule has 2 N–H and O–H groups in total. The predicted octanol–water partition coefficient (Wildman–Crippen LogP) is 3.59. The highest BCUT2D eigenvalue weighted by Crippen LogP contribution is 2.23. The quantitative estimate of drug-likeness (QED) is 0.813. The third-order valence-corrected chi connectivity index (χ3v) is 2.82. The average Bonchev–Trinajstić information content (AvgIpc) is 2.73. The van der Waals surface area contributed by atoms with Gasteiger partial charge in [-0.1, -0.05) is 17.7 Å². The monoisotopic (exact) mass is 220 g/mol. The summed E-state index contributed by atoms with van der Waals surface area (Å²) in [7, 11) is 0. The van der Waals surface area contributed by atoms with E-state index in [1.807, 2.05) is 43.6 Å². The Hall–Kier alpha value is -1.41. The van der Waals surface area contributed by atoms with Crippen LogP contribution in [-0.4, -0.2) is 4.98 Å². The van der Waals surface area contributed by atoms with Gasteiger partial charge < -0.3 is 10.3 Å². The Balaban J connectivity index is 2.08. The number of benzene rings is 1. The van der Waals surface area contributed by atoms with Gasteiger partial charge in [-0.3, -0.25) is 0 Å². The van der Waals surface area contributed by atoms with Crippen molar-refractivity contribution in [2.75, 3.05) is 5.32 Å². The average molecular weight is 221 g/mol. The van der Waals surface area contributed by atoms with Crippen LogP contribution in [0.3, 0.4) is 0 Å². The lowest BCUT2D eigenvalue weighted by molar-refractivity contribution is 1.14. The van der Waals surface area contributed by atoms with E-state index < -0.39 is 0 Å². The van der Waals surface area contributed by atoms with Crippen molar-refractivity contribution in [1.29, 1.82) is 0 Å². The lowest BCUT2D eigenvalue weighted by atomic mass is 10.2. The number of nitrogens with one attached hydrogen (secondary N) is 2. The zero-order valence-corrected chi connectivity index (χ0v) is 9.31. The van der Waals surface area contributed by atoms with E-state index in [1.165, 1.54) is 5.56 Å². The van der Waals surface area contributed by atoms with E-state index in [0.29, 0.717) is 0 Å². The van der Waals surface area contributed by atoms with E-state index >= 15 is 0 Å². The lowest BCUT2D eigenvalue weighted by Crippen LogP contribution is -1.99. The van der Waals surface area contributed by atoms with Crippen LogP contribution in [0.5, 0.6) is 0 Å². The molecule has 0 bridgehead atoms. The van der Waals surface area contributed by atoms with Crippen LogP contribution in [0.4, 0.5) is 5.69 Å². The SMILES string of the molecule is Cc1c(Cl)cccc1NCc1cc[nH]c1. The molecule has 3 heteroatoms. The van der Waals surface area contributed by atoms with Crippen molar-refractivity contribution >= 4 is 17.3 Å². The fourth-order valence-corrected chi connectivity index (χ4v) is 1.64. The number of aromatic nitrogens is 1. The molecule has 0 amide bonds. The van der Waals surface area contributed by atoms with Crippen LogP contribution < -0.4 is 5.32 Å². The number of halogens is 1. The van der Waals surface area contributed by atoms with E-state index in [0.717, 1.165) is 22.8 Å². The number of rotatable bonds is 3. The summed E-state index contributed by atoms with van der Waals surface area (Å²) in [4.78, 5) is 3.03. The van der Waals surface area contributed by atoms with E-state index in [4.69, 9.17) is 11.6 Å². The number of aromatic amines is 1. The van der Waals surface area contributed by atoms with Crippen LogP contribution in [0.15, 0.2) is 36.7 Å². The molecule has 2 aromatic rings. The minimum Gasteiger partial charge on any atom is -0.381 e. The van der Waals surface area contributed by atoms with Gasteiger partial charge in [-0.25, -0.2) is 0 Å². The molecule has 2 nitrogen and oxygen atoms in total. The summed E-state index contributed by atoms with van der Waals surface area (Å²) in [5.41, 5.74) is 3.41. The highest BCUT2D eigenvalue weighted by Gasteiger charge is 2.01. The fraction of sp³-hybridized carbons (Fsp3) is 0.167. The van der Waals surface area contributed by atoms with Gasteiger partial charge in [-0.2, -0.15) is 0 Å². The second-order valence-corrected chi connectivity index (χ2v) is 3.89. The maximum atomic E-state index is 6.03. The van der Waals surface area contributed by atoms with Crippen molar-refractivity contribution in [3.05, 3.63) is 52.8 Å². The first kappa shape index (κ1) is 10.1. The lowest BCUT2D eigenvalue weighted by Gasteiger charge is -2.09. The second kappa shape index (κ2) is 4.41. The molecule has 0 atom stereocenters. The molecule has 1 aromatic heterocycles. The van der Waals surface area contributed by atoms with Crippen LogP contribution in [-0.2, 0) is 6.54 Å². The summed E-state index contributed by atoms with van der Waals surface area (Å²) in [5, 5.41) is 4.15. The van der Waals surface area contributed by atoms with Gasteiger partial charge in [0.2, 0.25) is 0 Å². The molecule has 0 saturated heterocycles. The summed E-state index contributed by atoms with van der Waals surface area (Å²) >= 11 is 6.03. The summed E-state index contributed by atoms with van der Waals surface area (Å²) in [6, 6.07) is 7.94. The van der Waals surface area contributed by atoms with Gasteiger partial charge >= 0.3 is 0 Å². The Bertz CT molecular complexity index is 435. The molecule has 0 fully saturated rings. The third-order valence-electron chi connectivity index (χ3n) is 2.41. The molecule has 0 aliphatic heterocycles. The Labute approximate surface area is 94.3 Å². The molecule has 1 aromatic carbocycles. The van der Waals surface area contributed by atoms with Crippen LogP contribution in [0.2, 0.25) is 5.02 Å². The van der Waals surface area contributed by atoms with Gasteiger partial charge in [0.1, 0.15) is 0 Å². The molecule has 0 aliphatic rings. The first-order valence-corrected chi connectivity index (χ1v) is 5.26. The van der Waals surface area contributed by atoms with Gasteiger partial charge in [0.15, 0.2) is 0 Å². The highest BCUT2D eigenvalue weighted by molar-refractivity contribution is 6.31. The van der Waals surface area contributed by atoms with Crippen molar-refractivity contribution in [2.24, 2.45) is 0 Å². The molecule has 0 aliphatic carbocycles. The Morgan fingerprint density at radius 3 is 2.93 bits per heavy atom. The maximum absolute atomic E-state index is 6.03. The van der Waals surface area contributed by atoms with Gasteiger partial charge in [0.05, 0.1) is 0 Å². The van der Waals surface area contributed by atoms with E-state index in [9.17, 15) is 0 Å². The van der Waals surface area contributed by atoms with Gasteiger partial charge in [-0.15, -0.1) is 0 Å². The standard InChI is InChI=1S/C12H13ClN2/c1-9-11(13)3-2-4-12(9)15-8-10-5-6-14-7-10/h2-7,14-15H,8H2,1H3. The molecule has 0 unspecified atom stereocenters. The summed E-state index contributed by atoms with van der Waals surface area (Å²) < 4.78 is 0. The summed E-state index contributed by atoms with van der Waals surface area (Å²) in [6.45, 7) is 2.83. The molecular formula is C12H13ClN2. The van der Waals surface area contributed by atoms with Gasteiger partial charge in [-0.05, 0) is 36.2 Å². The molecular weight excluding hydrogens is 208 g/mol. The van der Waals surface area contributed by atoms with Crippen molar-refractivity contribution in [2.45, 2.75) is 13.5 Å². The second-order valence-electron chi connectivity index (χ2n) is 3.49. The number of anilines is 1. The first-order valence-electron chi connectivity index (χ1n) is 4.88. The zero-order valence-electron chi connectivity index (χ0n) is 8.55. The summed E-state index contributed by atoms with van der Waals surface area (Å²) in [6.07, 6.45) is 3.90. The van der Waals surface area contributed by atoms with E-state index in [2.05, 4.69) is 10.3 Å². The topological polar surface area (TPSA) is 27.8 Å². The molecule has 15 heavy (non-hydrogen) atoms. The predicted molar refractivity (Wildman–Crippen MR) is 64.3 cm³/mol. The van der Waals surface area contributed by atoms with Gasteiger partial charge in [0, 0.05) is 29.6 Å². The number of hydrogen-bond acceptors (Lipinski definition) is 1. The molecule has 0 spiro atoms. The van der Waals surface area contributed by atoms with Crippen LogP contribution in [0, 0.1) is 6.92 Å². The number of H-pyrrole nitrogens is 1. The molecule has 78 valence electrons. The molecule has 2 rings (SSSR count). The van der Waals surface area contributed by atoms with Crippen LogP contribution >= 0.6 is 11.6 Å².